The van der Waals surface area contributed by atoms with Gasteiger partial charge in [-0.3, -0.25) is 4.18 Å². The highest BCUT2D eigenvalue weighted by molar-refractivity contribution is 7.86. The fourth-order valence-corrected chi connectivity index (χ4v) is 2.37. The summed E-state index contributed by atoms with van der Waals surface area (Å²) in [4.78, 5) is 15.8. The van der Waals surface area contributed by atoms with E-state index in [0.29, 0.717) is 0 Å². The summed E-state index contributed by atoms with van der Waals surface area (Å²) < 4.78 is 32.3. The molecular formula is C10H18N4O5S. The molecule has 0 bridgehead atoms. The highest BCUT2D eigenvalue weighted by atomic mass is 32.2. The van der Waals surface area contributed by atoms with E-state index in [4.69, 9.17) is 14.5 Å². The third-order valence-corrected chi connectivity index (χ3v) is 2.98. The summed E-state index contributed by atoms with van der Waals surface area (Å²) >= 11 is 0. The van der Waals surface area contributed by atoms with Crippen molar-refractivity contribution in [3.05, 3.63) is 10.4 Å². The van der Waals surface area contributed by atoms with Crippen LogP contribution >= 0.6 is 0 Å². The molecule has 0 radical (unpaired) electrons. The molecule has 0 aromatic heterocycles. The summed E-state index contributed by atoms with van der Waals surface area (Å²) in [5, 5.41) is 3.46. The van der Waals surface area contributed by atoms with Gasteiger partial charge in [0, 0.05) is 11.5 Å². The zero-order valence-electron chi connectivity index (χ0n) is 11.8. The molecule has 1 aliphatic rings. The number of hydrogen-bond donors (Lipinski definition) is 0. The second-order valence-electron chi connectivity index (χ2n) is 5.50. The molecule has 0 saturated carbocycles. The van der Waals surface area contributed by atoms with Gasteiger partial charge in [-0.25, -0.2) is 4.79 Å². The van der Waals surface area contributed by atoms with Crippen molar-refractivity contribution in [2.24, 2.45) is 5.11 Å². The van der Waals surface area contributed by atoms with Gasteiger partial charge in [-0.05, 0) is 26.3 Å². The highest BCUT2D eigenvalue weighted by Crippen LogP contribution is 2.21. The normalized spacial score (nSPS) is 23.3. The van der Waals surface area contributed by atoms with E-state index in [1.807, 2.05) is 0 Å². The van der Waals surface area contributed by atoms with Crippen LogP contribution in [0.4, 0.5) is 4.79 Å². The highest BCUT2D eigenvalue weighted by Gasteiger charge is 2.39. The van der Waals surface area contributed by atoms with E-state index < -0.39 is 34.0 Å². The zero-order chi connectivity index (χ0) is 15.6. The van der Waals surface area contributed by atoms with Crippen molar-refractivity contribution in [3.63, 3.8) is 0 Å². The molecule has 2 atom stereocenters. The zero-order valence-corrected chi connectivity index (χ0v) is 12.6. The van der Waals surface area contributed by atoms with Crippen molar-refractivity contribution < 1.29 is 22.1 Å². The summed E-state index contributed by atoms with van der Waals surface area (Å²) in [5.41, 5.74) is 7.81. The smallest absolute Gasteiger partial charge is 0.410 e. The second-order valence-corrected chi connectivity index (χ2v) is 7.10. The van der Waals surface area contributed by atoms with E-state index >= 15 is 0 Å². The molecule has 0 aromatic rings. The number of nitrogens with zero attached hydrogens (tertiary/aromatic N) is 4. The summed E-state index contributed by atoms with van der Waals surface area (Å²) in [6.07, 6.45) is -0.598. The van der Waals surface area contributed by atoms with E-state index in [1.54, 1.807) is 20.8 Å². The Morgan fingerprint density at radius 1 is 1.40 bits per heavy atom. The Kier molecular flexibility index (Phi) is 4.85. The maximum absolute atomic E-state index is 11.9. The molecule has 9 nitrogen and oxygen atoms in total. The first-order chi connectivity index (χ1) is 9.02. The van der Waals surface area contributed by atoms with Gasteiger partial charge in [-0.1, -0.05) is 5.11 Å². The van der Waals surface area contributed by atoms with Crippen LogP contribution in [0.1, 0.15) is 20.8 Å². The molecule has 1 rings (SSSR count). The van der Waals surface area contributed by atoms with Crippen LogP contribution in [-0.4, -0.2) is 56.5 Å². The number of carbonyl (C=O) groups is 1. The van der Waals surface area contributed by atoms with Crippen molar-refractivity contribution in [1.29, 1.82) is 0 Å². The first kappa shape index (κ1) is 16.5. The molecule has 0 aliphatic carbocycles. The van der Waals surface area contributed by atoms with Crippen LogP contribution in [0.5, 0.6) is 0 Å². The van der Waals surface area contributed by atoms with Crippen LogP contribution in [0.25, 0.3) is 10.4 Å². The van der Waals surface area contributed by atoms with Gasteiger partial charge >= 0.3 is 6.09 Å². The van der Waals surface area contributed by atoms with Gasteiger partial charge in [0.15, 0.2) is 0 Å². The van der Waals surface area contributed by atoms with E-state index in [2.05, 4.69) is 10.0 Å². The Labute approximate surface area is 117 Å². The molecule has 0 aromatic carbocycles. The van der Waals surface area contributed by atoms with E-state index in [-0.39, 0.29) is 13.1 Å². The molecular weight excluding hydrogens is 288 g/mol. The maximum Gasteiger partial charge on any atom is 0.410 e. The number of rotatable bonds is 3. The minimum atomic E-state index is -3.71. The fraction of sp³-hybridized carbons (Fsp3) is 0.900. The van der Waals surface area contributed by atoms with Gasteiger partial charge in [-0.2, -0.15) is 8.42 Å². The molecule has 1 aliphatic heterocycles. The molecule has 1 heterocycles. The molecule has 1 saturated heterocycles. The number of amides is 1. The minimum absolute atomic E-state index is 0.00826. The molecule has 1 amide bonds. The first-order valence-corrected chi connectivity index (χ1v) is 7.74. The molecule has 0 N–H and O–H groups in total. The summed E-state index contributed by atoms with van der Waals surface area (Å²) in [6, 6.07) is -0.762. The van der Waals surface area contributed by atoms with Gasteiger partial charge < -0.3 is 9.64 Å². The van der Waals surface area contributed by atoms with Crippen LogP contribution in [0.2, 0.25) is 0 Å². The molecule has 114 valence electrons. The van der Waals surface area contributed by atoms with Crippen molar-refractivity contribution in [3.8, 4) is 0 Å². The van der Waals surface area contributed by atoms with Crippen molar-refractivity contribution in [2.75, 3.05) is 19.3 Å². The fourth-order valence-electron chi connectivity index (χ4n) is 1.73. The molecule has 0 spiro atoms. The lowest BCUT2D eigenvalue weighted by molar-refractivity contribution is 0.0276. The van der Waals surface area contributed by atoms with Gasteiger partial charge in [0.1, 0.15) is 11.7 Å². The largest absolute Gasteiger partial charge is 0.444 e. The summed E-state index contributed by atoms with van der Waals surface area (Å²) in [6.45, 7) is 5.20. The first-order valence-electron chi connectivity index (χ1n) is 5.92. The third kappa shape index (κ3) is 5.24. The Hall–Kier alpha value is -1.51. The van der Waals surface area contributed by atoms with Crippen molar-refractivity contribution >= 4 is 16.2 Å². The van der Waals surface area contributed by atoms with E-state index in [1.165, 1.54) is 4.90 Å². The van der Waals surface area contributed by atoms with Gasteiger partial charge in [0.2, 0.25) is 0 Å². The second kappa shape index (κ2) is 5.86. The third-order valence-electron chi connectivity index (χ3n) is 2.39. The van der Waals surface area contributed by atoms with Crippen LogP contribution in [0, 0.1) is 0 Å². The topological polar surface area (TPSA) is 122 Å². The van der Waals surface area contributed by atoms with Crippen LogP contribution in [0.3, 0.4) is 0 Å². The van der Waals surface area contributed by atoms with Crippen LogP contribution in [-0.2, 0) is 19.0 Å². The SMILES string of the molecule is CC(C)(C)OC(=O)N1C[C@@H](N=[N+]=[N-])[C@H](OS(C)(=O)=O)C1. The Balaban J connectivity index is 2.80. The lowest BCUT2D eigenvalue weighted by Gasteiger charge is -2.24. The van der Waals surface area contributed by atoms with Crippen molar-refractivity contribution in [1.82, 2.24) is 4.90 Å². The van der Waals surface area contributed by atoms with E-state index in [9.17, 15) is 13.2 Å². The number of azide groups is 1. The molecule has 0 unspecified atom stereocenters. The lowest BCUT2D eigenvalue weighted by Crippen LogP contribution is -2.36. The quantitative estimate of drug-likeness (QED) is 0.336. The Morgan fingerprint density at radius 2 is 2.00 bits per heavy atom. The van der Waals surface area contributed by atoms with E-state index in [0.717, 1.165) is 6.26 Å². The summed E-state index contributed by atoms with van der Waals surface area (Å²) in [5.74, 6) is 0. The average Bonchev–Trinajstić information content (AvgIpc) is 2.57. The standard InChI is InChI=1S/C10H18N4O5S/c1-10(2,3)18-9(15)14-5-7(12-13-11)8(6-14)19-20(4,16)17/h7-8H,5-6H2,1-4H3/t7-,8-/m1/s1. The monoisotopic (exact) mass is 306 g/mol. The predicted molar refractivity (Wildman–Crippen MR) is 70.5 cm³/mol. The molecule has 20 heavy (non-hydrogen) atoms. The van der Waals surface area contributed by atoms with Gasteiger partial charge in [0.05, 0.1) is 18.8 Å². The van der Waals surface area contributed by atoms with Crippen molar-refractivity contribution in [2.45, 2.75) is 38.5 Å². The van der Waals surface area contributed by atoms with Gasteiger partial charge in [0.25, 0.3) is 10.1 Å². The predicted octanol–water partition coefficient (Wildman–Crippen LogP) is 1.26. The number of carbonyl (C=O) groups excluding carboxylic acids is 1. The molecule has 10 heteroatoms. The van der Waals surface area contributed by atoms with Gasteiger partial charge in [-0.15, -0.1) is 0 Å². The lowest BCUT2D eigenvalue weighted by atomic mass is 10.2. The maximum atomic E-state index is 11.9. The molecule has 1 fully saturated rings. The average molecular weight is 306 g/mol. The number of hydrogen-bond acceptors (Lipinski definition) is 6. The van der Waals surface area contributed by atoms with Crippen LogP contribution in [0.15, 0.2) is 5.11 Å². The minimum Gasteiger partial charge on any atom is -0.444 e. The van der Waals surface area contributed by atoms with Crippen LogP contribution < -0.4 is 0 Å². The summed E-state index contributed by atoms with van der Waals surface area (Å²) in [7, 11) is -3.71. The number of likely N-dealkylation sites (tertiary alicyclic amines) is 1. The Morgan fingerprint density at radius 3 is 2.45 bits per heavy atom. The number of ether oxygens (including phenoxy) is 1. The Bertz CT molecular complexity index is 520.